The maximum atomic E-state index is 11.1. The Kier molecular flexibility index (Phi) is 5.49. The standard InChI is InChI=1S/C14H20O4/c1-10-8-11(16-2)9-13(17-3)12(10)6-5-7-14(15)18-4/h8-9H,5-7H2,1-4H3. The molecule has 1 aromatic carbocycles. The number of ether oxygens (including phenoxy) is 3. The number of hydrogen-bond acceptors (Lipinski definition) is 4. The van der Waals surface area contributed by atoms with Crippen LogP contribution in [0.25, 0.3) is 0 Å². The monoisotopic (exact) mass is 252 g/mol. The van der Waals surface area contributed by atoms with Crippen molar-refractivity contribution in [3.8, 4) is 11.5 Å². The smallest absolute Gasteiger partial charge is 0.305 e. The average molecular weight is 252 g/mol. The van der Waals surface area contributed by atoms with Gasteiger partial charge in [-0.3, -0.25) is 4.79 Å². The van der Waals surface area contributed by atoms with Gasteiger partial charge in [0.25, 0.3) is 0 Å². The lowest BCUT2D eigenvalue weighted by Gasteiger charge is -2.13. The third-order valence-electron chi connectivity index (χ3n) is 2.90. The summed E-state index contributed by atoms with van der Waals surface area (Å²) in [7, 11) is 4.67. The number of aryl methyl sites for hydroxylation is 1. The van der Waals surface area contributed by atoms with E-state index < -0.39 is 0 Å². The van der Waals surface area contributed by atoms with E-state index >= 15 is 0 Å². The van der Waals surface area contributed by atoms with Crippen LogP contribution in [0, 0.1) is 6.92 Å². The van der Waals surface area contributed by atoms with Crippen LogP contribution in [0.5, 0.6) is 11.5 Å². The Morgan fingerprint density at radius 1 is 1.17 bits per heavy atom. The molecule has 0 radical (unpaired) electrons. The summed E-state index contributed by atoms with van der Waals surface area (Å²) in [4.78, 5) is 11.1. The second-order valence-electron chi connectivity index (χ2n) is 4.05. The van der Waals surface area contributed by atoms with Crippen LogP contribution in [0.1, 0.15) is 24.0 Å². The van der Waals surface area contributed by atoms with E-state index in [0.717, 1.165) is 35.5 Å². The van der Waals surface area contributed by atoms with Gasteiger partial charge in [-0.15, -0.1) is 0 Å². The Balaban J connectivity index is 2.78. The first-order valence-corrected chi connectivity index (χ1v) is 5.90. The summed E-state index contributed by atoms with van der Waals surface area (Å²) in [6.07, 6.45) is 1.95. The lowest BCUT2D eigenvalue weighted by molar-refractivity contribution is -0.140. The van der Waals surface area contributed by atoms with Crippen LogP contribution in [0.3, 0.4) is 0 Å². The molecule has 0 spiro atoms. The van der Waals surface area contributed by atoms with Crippen molar-refractivity contribution in [1.29, 1.82) is 0 Å². The van der Waals surface area contributed by atoms with E-state index in [0.29, 0.717) is 6.42 Å². The van der Waals surface area contributed by atoms with Gasteiger partial charge in [0, 0.05) is 12.5 Å². The minimum atomic E-state index is -0.180. The molecule has 0 atom stereocenters. The van der Waals surface area contributed by atoms with Crippen LogP contribution in [0.4, 0.5) is 0 Å². The Morgan fingerprint density at radius 3 is 2.44 bits per heavy atom. The van der Waals surface area contributed by atoms with Crippen molar-refractivity contribution >= 4 is 5.97 Å². The molecule has 0 amide bonds. The first-order valence-electron chi connectivity index (χ1n) is 5.90. The Morgan fingerprint density at radius 2 is 1.89 bits per heavy atom. The second-order valence-corrected chi connectivity index (χ2v) is 4.05. The van der Waals surface area contributed by atoms with Gasteiger partial charge in [-0.2, -0.15) is 0 Å². The highest BCUT2D eigenvalue weighted by molar-refractivity contribution is 5.69. The topological polar surface area (TPSA) is 44.8 Å². The van der Waals surface area contributed by atoms with Crippen molar-refractivity contribution < 1.29 is 19.0 Å². The molecule has 0 heterocycles. The number of methoxy groups -OCH3 is 3. The fourth-order valence-electron chi connectivity index (χ4n) is 1.88. The molecule has 0 aliphatic carbocycles. The highest BCUT2D eigenvalue weighted by Gasteiger charge is 2.10. The third-order valence-corrected chi connectivity index (χ3v) is 2.90. The average Bonchev–Trinajstić information content (AvgIpc) is 2.39. The summed E-state index contributed by atoms with van der Waals surface area (Å²) in [5, 5.41) is 0. The molecule has 0 saturated heterocycles. The quantitative estimate of drug-likeness (QED) is 0.730. The van der Waals surface area contributed by atoms with Crippen LogP contribution < -0.4 is 9.47 Å². The molecular formula is C14H20O4. The molecule has 1 aromatic rings. The number of hydrogen-bond donors (Lipinski definition) is 0. The summed E-state index contributed by atoms with van der Waals surface area (Å²) < 4.78 is 15.2. The number of esters is 1. The van der Waals surface area contributed by atoms with Crippen LogP contribution in [0.15, 0.2) is 12.1 Å². The van der Waals surface area contributed by atoms with Crippen LogP contribution in [-0.4, -0.2) is 27.3 Å². The largest absolute Gasteiger partial charge is 0.497 e. The molecule has 4 nitrogen and oxygen atoms in total. The van der Waals surface area contributed by atoms with Crippen molar-refractivity contribution in [2.75, 3.05) is 21.3 Å². The molecule has 4 heteroatoms. The van der Waals surface area contributed by atoms with Gasteiger partial charge >= 0.3 is 5.97 Å². The first-order chi connectivity index (χ1) is 8.62. The van der Waals surface area contributed by atoms with E-state index in [1.54, 1.807) is 14.2 Å². The number of carbonyl (C=O) groups excluding carboxylic acids is 1. The van der Waals surface area contributed by atoms with E-state index in [9.17, 15) is 4.79 Å². The predicted octanol–water partition coefficient (Wildman–Crippen LogP) is 2.51. The molecule has 0 aromatic heterocycles. The predicted molar refractivity (Wildman–Crippen MR) is 69.2 cm³/mol. The number of rotatable bonds is 6. The van der Waals surface area contributed by atoms with Crippen molar-refractivity contribution in [1.82, 2.24) is 0 Å². The third kappa shape index (κ3) is 3.65. The molecule has 100 valence electrons. The zero-order chi connectivity index (χ0) is 13.5. The van der Waals surface area contributed by atoms with Crippen LogP contribution in [-0.2, 0) is 16.0 Å². The zero-order valence-corrected chi connectivity index (χ0v) is 11.4. The summed E-state index contributed by atoms with van der Waals surface area (Å²) >= 11 is 0. The molecule has 0 unspecified atom stereocenters. The summed E-state index contributed by atoms with van der Waals surface area (Å²) in [6.45, 7) is 2.01. The molecule has 0 bridgehead atoms. The Bertz CT molecular complexity index is 413. The fraction of sp³-hybridized carbons (Fsp3) is 0.500. The fourth-order valence-corrected chi connectivity index (χ4v) is 1.88. The lowest BCUT2D eigenvalue weighted by atomic mass is 10.0. The van der Waals surface area contributed by atoms with Crippen LogP contribution in [0.2, 0.25) is 0 Å². The first kappa shape index (κ1) is 14.4. The molecule has 18 heavy (non-hydrogen) atoms. The Hall–Kier alpha value is -1.71. The molecule has 1 rings (SSSR count). The van der Waals surface area contributed by atoms with Gasteiger partial charge in [-0.1, -0.05) is 0 Å². The molecule has 0 N–H and O–H groups in total. The van der Waals surface area contributed by atoms with Gasteiger partial charge in [0.05, 0.1) is 21.3 Å². The molecule has 0 saturated carbocycles. The van der Waals surface area contributed by atoms with E-state index in [1.807, 2.05) is 19.1 Å². The summed E-state index contributed by atoms with van der Waals surface area (Å²) in [5.41, 5.74) is 2.22. The Labute approximate surface area is 108 Å². The van der Waals surface area contributed by atoms with Crippen molar-refractivity contribution in [3.63, 3.8) is 0 Å². The maximum absolute atomic E-state index is 11.1. The van der Waals surface area contributed by atoms with Gasteiger partial charge < -0.3 is 14.2 Å². The van der Waals surface area contributed by atoms with Gasteiger partial charge in [0.15, 0.2) is 0 Å². The second kappa shape index (κ2) is 6.89. The van der Waals surface area contributed by atoms with Crippen LogP contribution >= 0.6 is 0 Å². The van der Waals surface area contributed by atoms with Crippen molar-refractivity contribution in [2.24, 2.45) is 0 Å². The lowest BCUT2D eigenvalue weighted by Crippen LogP contribution is -2.02. The SMILES string of the molecule is COC(=O)CCCc1c(C)cc(OC)cc1OC. The minimum Gasteiger partial charge on any atom is -0.497 e. The molecule has 0 aliphatic heterocycles. The normalized spacial score (nSPS) is 10.0. The van der Waals surface area contributed by atoms with E-state index in [-0.39, 0.29) is 5.97 Å². The van der Waals surface area contributed by atoms with Gasteiger partial charge in [0.1, 0.15) is 11.5 Å². The summed E-state index contributed by atoms with van der Waals surface area (Å²) in [5.74, 6) is 1.40. The zero-order valence-electron chi connectivity index (χ0n) is 11.4. The van der Waals surface area contributed by atoms with Crippen molar-refractivity contribution in [2.45, 2.75) is 26.2 Å². The maximum Gasteiger partial charge on any atom is 0.305 e. The van der Waals surface area contributed by atoms with Crippen molar-refractivity contribution in [3.05, 3.63) is 23.3 Å². The minimum absolute atomic E-state index is 0.180. The van der Waals surface area contributed by atoms with Gasteiger partial charge in [-0.05, 0) is 37.0 Å². The highest BCUT2D eigenvalue weighted by Crippen LogP contribution is 2.29. The van der Waals surface area contributed by atoms with E-state index in [4.69, 9.17) is 9.47 Å². The van der Waals surface area contributed by atoms with Gasteiger partial charge in [0.2, 0.25) is 0 Å². The summed E-state index contributed by atoms with van der Waals surface area (Å²) in [6, 6.07) is 3.83. The number of carbonyl (C=O) groups is 1. The molecular weight excluding hydrogens is 232 g/mol. The molecule has 0 aliphatic rings. The van der Waals surface area contributed by atoms with E-state index in [1.165, 1.54) is 7.11 Å². The molecule has 0 fully saturated rings. The van der Waals surface area contributed by atoms with E-state index in [2.05, 4.69) is 4.74 Å². The van der Waals surface area contributed by atoms with Gasteiger partial charge in [-0.25, -0.2) is 0 Å². The highest BCUT2D eigenvalue weighted by atomic mass is 16.5. The number of benzene rings is 1.